The normalized spacial score (nSPS) is 21.5. The van der Waals surface area contributed by atoms with Crippen LogP contribution in [0.5, 0.6) is 11.5 Å². The van der Waals surface area contributed by atoms with Crippen LogP contribution in [-0.4, -0.2) is 54.1 Å². The molecule has 0 N–H and O–H groups in total. The standard InChI is InChI=1S/C21H27N3O4S/c1-26-17-8-7-15(11-18(17)27-2)20-22-23-21(28-20)29-13-19(25)24-10-9-14-5-3-4-6-16(14)12-24/h7-8,11,14,16H,3-6,9-10,12-13H2,1-2H3/t14-,16-/m1/s1. The van der Waals surface area contributed by atoms with Crippen LogP contribution in [0.25, 0.3) is 11.5 Å². The van der Waals surface area contributed by atoms with E-state index >= 15 is 0 Å². The molecule has 0 radical (unpaired) electrons. The van der Waals surface area contributed by atoms with Crippen LogP contribution < -0.4 is 9.47 Å². The number of aromatic nitrogens is 2. The van der Waals surface area contributed by atoms with Gasteiger partial charge in [0.05, 0.1) is 20.0 Å². The predicted molar refractivity (Wildman–Crippen MR) is 110 cm³/mol. The Morgan fingerprint density at radius 1 is 1.14 bits per heavy atom. The average Bonchev–Trinajstić information content (AvgIpc) is 3.25. The average molecular weight is 418 g/mol. The van der Waals surface area contributed by atoms with Crippen LogP contribution in [0.3, 0.4) is 0 Å². The van der Waals surface area contributed by atoms with E-state index in [1.165, 1.54) is 37.4 Å². The van der Waals surface area contributed by atoms with E-state index in [0.717, 1.165) is 31.0 Å². The van der Waals surface area contributed by atoms with Gasteiger partial charge in [-0.25, -0.2) is 0 Å². The maximum Gasteiger partial charge on any atom is 0.277 e. The number of likely N-dealkylation sites (tertiary alicyclic amines) is 1. The van der Waals surface area contributed by atoms with E-state index in [2.05, 4.69) is 10.2 Å². The molecular weight excluding hydrogens is 390 g/mol. The van der Waals surface area contributed by atoms with Gasteiger partial charge in [-0.15, -0.1) is 10.2 Å². The van der Waals surface area contributed by atoms with Gasteiger partial charge < -0.3 is 18.8 Å². The van der Waals surface area contributed by atoms with Gasteiger partial charge in [0, 0.05) is 18.7 Å². The molecule has 0 unspecified atom stereocenters. The van der Waals surface area contributed by atoms with Crippen LogP contribution in [0.15, 0.2) is 27.8 Å². The molecule has 29 heavy (non-hydrogen) atoms. The van der Waals surface area contributed by atoms with Crippen LogP contribution in [-0.2, 0) is 4.79 Å². The van der Waals surface area contributed by atoms with Crippen LogP contribution in [0.2, 0.25) is 0 Å². The Kier molecular flexibility index (Phi) is 6.28. The zero-order chi connectivity index (χ0) is 20.2. The molecule has 156 valence electrons. The number of hydrogen-bond acceptors (Lipinski definition) is 7. The number of ether oxygens (including phenoxy) is 2. The molecule has 1 saturated carbocycles. The Balaban J connectivity index is 1.34. The zero-order valence-electron chi connectivity index (χ0n) is 16.9. The highest BCUT2D eigenvalue weighted by Crippen LogP contribution is 2.36. The number of carbonyl (C=O) groups is 1. The van der Waals surface area contributed by atoms with Crippen molar-refractivity contribution < 1.29 is 18.7 Å². The van der Waals surface area contributed by atoms with Gasteiger partial charge in [0.2, 0.25) is 11.8 Å². The monoisotopic (exact) mass is 417 g/mol. The molecule has 2 heterocycles. The van der Waals surface area contributed by atoms with Gasteiger partial charge in [-0.3, -0.25) is 4.79 Å². The van der Waals surface area contributed by atoms with Crippen LogP contribution in [0, 0.1) is 11.8 Å². The summed E-state index contributed by atoms with van der Waals surface area (Å²) in [5, 5.41) is 8.58. The number of benzene rings is 1. The minimum atomic E-state index is 0.157. The first kappa shape index (κ1) is 20.1. The van der Waals surface area contributed by atoms with Crippen molar-refractivity contribution in [2.24, 2.45) is 11.8 Å². The van der Waals surface area contributed by atoms with E-state index in [4.69, 9.17) is 13.9 Å². The highest BCUT2D eigenvalue weighted by molar-refractivity contribution is 7.99. The van der Waals surface area contributed by atoms with Crippen molar-refractivity contribution in [2.45, 2.75) is 37.3 Å². The second-order valence-electron chi connectivity index (χ2n) is 7.66. The third-order valence-corrected chi connectivity index (χ3v) is 6.80. The number of carbonyl (C=O) groups excluding carboxylic acids is 1. The van der Waals surface area contributed by atoms with Crippen molar-refractivity contribution >= 4 is 17.7 Å². The lowest BCUT2D eigenvalue weighted by Gasteiger charge is -2.41. The Hall–Kier alpha value is -2.22. The van der Waals surface area contributed by atoms with Gasteiger partial charge in [-0.05, 0) is 42.9 Å². The highest BCUT2D eigenvalue weighted by atomic mass is 32.2. The first-order valence-electron chi connectivity index (χ1n) is 10.1. The minimum Gasteiger partial charge on any atom is -0.493 e. The Morgan fingerprint density at radius 3 is 2.72 bits per heavy atom. The summed E-state index contributed by atoms with van der Waals surface area (Å²) < 4.78 is 16.3. The van der Waals surface area contributed by atoms with Gasteiger partial charge in [0.15, 0.2) is 11.5 Å². The number of nitrogens with zero attached hydrogens (tertiary/aromatic N) is 3. The molecule has 0 spiro atoms. The summed E-state index contributed by atoms with van der Waals surface area (Å²) in [4.78, 5) is 14.7. The van der Waals surface area contributed by atoms with Crippen LogP contribution in [0.1, 0.15) is 32.1 Å². The fraction of sp³-hybridized carbons (Fsp3) is 0.571. The molecule has 2 aliphatic rings. The summed E-state index contributed by atoms with van der Waals surface area (Å²) in [5.41, 5.74) is 0.743. The second kappa shape index (κ2) is 9.07. The van der Waals surface area contributed by atoms with Gasteiger partial charge in [-0.1, -0.05) is 31.0 Å². The minimum absolute atomic E-state index is 0.157. The third-order valence-electron chi connectivity index (χ3n) is 6.00. The lowest BCUT2D eigenvalue weighted by Crippen LogP contribution is -2.45. The fourth-order valence-corrected chi connectivity index (χ4v) is 5.06. The molecule has 1 aromatic heterocycles. The smallest absolute Gasteiger partial charge is 0.277 e. The second-order valence-corrected chi connectivity index (χ2v) is 8.59. The van der Waals surface area contributed by atoms with Crippen molar-refractivity contribution in [1.82, 2.24) is 15.1 Å². The molecule has 0 bridgehead atoms. The number of methoxy groups -OCH3 is 2. The Morgan fingerprint density at radius 2 is 1.93 bits per heavy atom. The van der Waals surface area contributed by atoms with Crippen LogP contribution >= 0.6 is 11.8 Å². The first-order chi connectivity index (χ1) is 14.2. The van der Waals surface area contributed by atoms with E-state index in [9.17, 15) is 4.79 Å². The van der Waals surface area contributed by atoms with Crippen molar-refractivity contribution in [2.75, 3.05) is 33.1 Å². The van der Waals surface area contributed by atoms with E-state index in [-0.39, 0.29) is 5.91 Å². The first-order valence-corrected chi connectivity index (χ1v) is 11.1. The SMILES string of the molecule is COc1ccc(-c2nnc(SCC(=O)N3CC[C@H]4CCCC[C@@H]4C3)o2)cc1OC. The molecular formula is C21H27N3O4S. The molecule has 2 fully saturated rings. The molecule has 1 aliphatic carbocycles. The predicted octanol–water partition coefficient (Wildman–Crippen LogP) is 3.88. The quantitative estimate of drug-likeness (QED) is 0.660. The summed E-state index contributed by atoms with van der Waals surface area (Å²) >= 11 is 1.30. The fourth-order valence-electron chi connectivity index (χ4n) is 4.40. The van der Waals surface area contributed by atoms with Gasteiger partial charge in [0.25, 0.3) is 5.22 Å². The Labute approximate surface area is 175 Å². The van der Waals surface area contributed by atoms with Crippen molar-refractivity contribution in [3.05, 3.63) is 18.2 Å². The summed E-state index contributed by atoms with van der Waals surface area (Å²) in [5.74, 6) is 3.61. The summed E-state index contributed by atoms with van der Waals surface area (Å²) in [6.45, 7) is 1.78. The lowest BCUT2D eigenvalue weighted by atomic mass is 9.75. The van der Waals surface area contributed by atoms with Gasteiger partial charge >= 0.3 is 0 Å². The molecule has 7 nitrogen and oxygen atoms in total. The maximum absolute atomic E-state index is 12.7. The van der Waals surface area contributed by atoms with E-state index in [0.29, 0.717) is 34.3 Å². The highest BCUT2D eigenvalue weighted by Gasteiger charge is 2.32. The molecule has 1 aliphatic heterocycles. The number of rotatable bonds is 6. The number of thioether (sulfide) groups is 1. The van der Waals surface area contributed by atoms with E-state index in [1.807, 2.05) is 11.0 Å². The van der Waals surface area contributed by atoms with E-state index in [1.54, 1.807) is 26.4 Å². The topological polar surface area (TPSA) is 77.7 Å². The summed E-state index contributed by atoms with van der Waals surface area (Å²) in [6, 6.07) is 5.42. The van der Waals surface area contributed by atoms with E-state index < -0.39 is 0 Å². The number of hydrogen-bond donors (Lipinski definition) is 0. The summed E-state index contributed by atoms with van der Waals surface area (Å²) in [6.07, 6.45) is 6.40. The molecule has 2 aromatic rings. The molecule has 1 saturated heterocycles. The number of piperidine rings is 1. The van der Waals surface area contributed by atoms with Gasteiger partial charge in [-0.2, -0.15) is 0 Å². The third kappa shape index (κ3) is 4.52. The summed E-state index contributed by atoms with van der Waals surface area (Å²) in [7, 11) is 3.17. The van der Waals surface area contributed by atoms with Gasteiger partial charge in [0.1, 0.15) is 0 Å². The van der Waals surface area contributed by atoms with Crippen LogP contribution in [0.4, 0.5) is 0 Å². The molecule has 1 aromatic carbocycles. The molecule has 8 heteroatoms. The zero-order valence-corrected chi connectivity index (χ0v) is 17.7. The number of amides is 1. The Bertz CT molecular complexity index is 856. The van der Waals surface area contributed by atoms with Crippen molar-refractivity contribution in [3.63, 3.8) is 0 Å². The number of fused-ring (bicyclic) bond motifs is 1. The molecule has 4 rings (SSSR count). The maximum atomic E-state index is 12.7. The van der Waals surface area contributed by atoms with Crippen molar-refractivity contribution in [3.8, 4) is 23.0 Å². The largest absolute Gasteiger partial charge is 0.493 e. The molecule has 1 amide bonds. The molecule has 2 atom stereocenters. The lowest BCUT2D eigenvalue weighted by molar-refractivity contribution is -0.131. The van der Waals surface area contributed by atoms with Crippen molar-refractivity contribution in [1.29, 1.82) is 0 Å².